The van der Waals surface area contributed by atoms with Gasteiger partial charge >= 0.3 is 0 Å². The molecule has 70 valence electrons. The van der Waals surface area contributed by atoms with E-state index in [1.165, 1.54) is 0 Å². The molecule has 1 fully saturated rings. The molecule has 4 heteroatoms. The SMILES string of the molecule is CC1(N)CN(c2ncccc2Br)C1. The number of nitrogens with zero attached hydrogens (tertiary/aromatic N) is 2. The minimum atomic E-state index is -0.0447. The van der Waals surface area contributed by atoms with Crippen molar-refractivity contribution in [3.05, 3.63) is 22.8 Å². The zero-order valence-electron chi connectivity index (χ0n) is 7.50. The molecule has 0 amide bonds. The van der Waals surface area contributed by atoms with Crippen molar-refractivity contribution in [2.75, 3.05) is 18.0 Å². The summed E-state index contributed by atoms with van der Waals surface area (Å²) in [6.07, 6.45) is 1.80. The zero-order chi connectivity index (χ0) is 9.47. The minimum Gasteiger partial charge on any atom is -0.352 e. The predicted molar refractivity (Wildman–Crippen MR) is 56.7 cm³/mol. The highest BCUT2D eigenvalue weighted by atomic mass is 79.9. The van der Waals surface area contributed by atoms with Crippen LogP contribution < -0.4 is 10.6 Å². The maximum Gasteiger partial charge on any atom is 0.142 e. The first-order valence-electron chi connectivity index (χ1n) is 4.23. The first-order valence-corrected chi connectivity index (χ1v) is 5.02. The summed E-state index contributed by atoms with van der Waals surface area (Å²) in [5.74, 6) is 0.991. The van der Waals surface area contributed by atoms with Crippen LogP contribution in [-0.2, 0) is 0 Å². The van der Waals surface area contributed by atoms with Crippen LogP contribution in [-0.4, -0.2) is 23.6 Å². The van der Waals surface area contributed by atoms with Crippen molar-refractivity contribution in [2.45, 2.75) is 12.5 Å². The van der Waals surface area contributed by atoms with E-state index in [0.29, 0.717) is 0 Å². The van der Waals surface area contributed by atoms with Gasteiger partial charge in [-0.15, -0.1) is 0 Å². The minimum absolute atomic E-state index is 0.0447. The number of halogens is 1. The molecule has 1 aromatic rings. The molecule has 1 aromatic heterocycles. The van der Waals surface area contributed by atoms with Gasteiger partial charge in [-0.2, -0.15) is 0 Å². The molecule has 0 unspecified atom stereocenters. The summed E-state index contributed by atoms with van der Waals surface area (Å²) in [5.41, 5.74) is 5.87. The van der Waals surface area contributed by atoms with Gasteiger partial charge in [-0.05, 0) is 35.0 Å². The topological polar surface area (TPSA) is 42.1 Å². The van der Waals surface area contributed by atoms with Crippen molar-refractivity contribution >= 4 is 21.7 Å². The van der Waals surface area contributed by atoms with Gasteiger partial charge in [-0.1, -0.05) is 0 Å². The first kappa shape index (κ1) is 8.97. The maximum absolute atomic E-state index is 5.91. The molecule has 1 aliphatic rings. The van der Waals surface area contributed by atoms with E-state index < -0.39 is 0 Å². The van der Waals surface area contributed by atoms with Crippen LogP contribution in [0, 0.1) is 0 Å². The van der Waals surface area contributed by atoms with Gasteiger partial charge in [0.2, 0.25) is 0 Å². The Labute approximate surface area is 86.1 Å². The van der Waals surface area contributed by atoms with E-state index in [0.717, 1.165) is 23.4 Å². The Morgan fingerprint density at radius 2 is 2.31 bits per heavy atom. The highest BCUT2D eigenvalue weighted by molar-refractivity contribution is 9.10. The third-order valence-corrected chi connectivity index (χ3v) is 2.76. The summed E-state index contributed by atoms with van der Waals surface area (Å²) in [6.45, 7) is 3.81. The van der Waals surface area contributed by atoms with Crippen LogP contribution in [0.1, 0.15) is 6.92 Å². The van der Waals surface area contributed by atoms with Crippen molar-refractivity contribution in [2.24, 2.45) is 5.73 Å². The largest absolute Gasteiger partial charge is 0.352 e. The van der Waals surface area contributed by atoms with Gasteiger partial charge in [0.15, 0.2) is 0 Å². The van der Waals surface area contributed by atoms with Crippen molar-refractivity contribution < 1.29 is 0 Å². The summed E-state index contributed by atoms with van der Waals surface area (Å²) in [7, 11) is 0. The third-order valence-electron chi connectivity index (χ3n) is 2.14. The summed E-state index contributed by atoms with van der Waals surface area (Å²) >= 11 is 3.46. The van der Waals surface area contributed by atoms with Gasteiger partial charge < -0.3 is 10.6 Å². The van der Waals surface area contributed by atoms with Crippen molar-refractivity contribution in [1.29, 1.82) is 0 Å². The smallest absolute Gasteiger partial charge is 0.142 e. The summed E-state index contributed by atoms with van der Waals surface area (Å²) in [4.78, 5) is 6.46. The molecule has 2 N–H and O–H groups in total. The number of nitrogens with two attached hydrogens (primary N) is 1. The molecular formula is C9H12BrN3. The number of anilines is 1. The van der Waals surface area contributed by atoms with E-state index in [4.69, 9.17) is 5.73 Å². The Morgan fingerprint density at radius 1 is 1.62 bits per heavy atom. The molecule has 0 spiro atoms. The van der Waals surface area contributed by atoms with Gasteiger partial charge in [0.1, 0.15) is 5.82 Å². The highest BCUT2D eigenvalue weighted by Gasteiger charge is 2.36. The first-order chi connectivity index (χ1) is 6.08. The second kappa shape index (κ2) is 2.96. The summed E-state index contributed by atoms with van der Waals surface area (Å²) in [5, 5.41) is 0. The van der Waals surface area contributed by atoms with Crippen molar-refractivity contribution in [3.8, 4) is 0 Å². The number of aromatic nitrogens is 1. The van der Waals surface area contributed by atoms with Crippen LogP contribution >= 0.6 is 15.9 Å². The Bertz CT molecular complexity index is 316. The van der Waals surface area contributed by atoms with Crippen molar-refractivity contribution in [1.82, 2.24) is 4.98 Å². The molecule has 0 atom stereocenters. The van der Waals surface area contributed by atoms with Gasteiger partial charge in [-0.25, -0.2) is 4.98 Å². The number of hydrogen-bond acceptors (Lipinski definition) is 3. The monoisotopic (exact) mass is 241 g/mol. The van der Waals surface area contributed by atoms with E-state index >= 15 is 0 Å². The van der Waals surface area contributed by atoms with Gasteiger partial charge in [-0.3, -0.25) is 0 Å². The van der Waals surface area contributed by atoms with Gasteiger partial charge in [0.25, 0.3) is 0 Å². The molecule has 1 saturated heterocycles. The van der Waals surface area contributed by atoms with Gasteiger partial charge in [0, 0.05) is 24.8 Å². The molecule has 2 rings (SSSR count). The third kappa shape index (κ3) is 1.69. The lowest BCUT2D eigenvalue weighted by Crippen LogP contribution is -2.65. The van der Waals surface area contributed by atoms with Crippen molar-refractivity contribution in [3.63, 3.8) is 0 Å². The Kier molecular flexibility index (Phi) is 2.04. The van der Waals surface area contributed by atoms with Crippen LogP contribution in [0.4, 0.5) is 5.82 Å². The van der Waals surface area contributed by atoms with E-state index in [1.54, 1.807) is 6.20 Å². The normalized spacial score (nSPS) is 19.8. The van der Waals surface area contributed by atoms with Crippen LogP contribution in [0.2, 0.25) is 0 Å². The number of hydrogen-bond donors (Lipinski definition) is 1. The average molecular weight is 242 g/mol. The lowest BCUT2D eigenvalue weighted by atomic mass is 9.94. The van der Waals surface area contributed by atoms with Gasteiger partial charge in [0.05, 0.1) is 4.47 Å². The fourth-order valence-corrected chi connectivity index (χ4v) is 2.09. The zero-order valence-corrected chi connectivity index (χ0v) is 9.08. The van der Waals surface area contributed by atoms with E-state index in [9.17, 15) is 0 Å². The average Bonchev–Trinajstić information content (AvgIpc) is 2.01. The molecule has 0 saturated carbocycles. The lowest BCUT2D eigenvalue weighted by Gasteiger charge is -2.46. The summed E-state index contributed by atoms with van der Waals surface area (Å²) in [6, 6.07) is 3.91. The fraction of sp³-hybridized carbons (Fsp3) is 0.444. The number of rotatable bonds is 1. The standard InChI is InChI=1S/C9H12BrN3/c1-9(11)5-13(6-9)8-7(10)3-2-4-12-8/h2-4H,5-6,11H2,1H3. The van der Waals surface area contributed by atoms with E-state index in [2.05, 4.69) is 32.7 Å². The second-order valence-electron chi connectivity index (χ2n) is 3.82. The molecule has 3 nitrogen and oxygen atoms in total. The molecular weight excluding hydrogens is 230 g/mol. The summed E-state index contributed by atoms with van der Waals surface area (Å²) < 4.78 is 1.03. The number of pyridine rings is 1. The molecule has 2 heterocycles. The second-order valence-corrected chi connectivity index (χ2v) is 4.67. The Balaban J connectivity index is 2.16. The van der Waals surface area contributed by atoms with Crippen LogP contribution in [0.5, 0.6) is 0 Å². The Morgan fingerprint density at radius 3 is 2.85 bits per heavy atom. The Hall–Kier alpha value is -0.610. The molecule has 0 bridgehead atoms. The lowest BCUT2D eigenvalue weighted by molar-refractivity contribution is 0.362. The molecule has 1 aliphatic heterocycles. The molecule has 0 aliphatic carbocycles. The molecule has 0 radical (unpaired) electrons. The maximum atomic E-state index is 5.91. The molecule has 0 aromatic carbocycles. The quantitative estimate of drug-likeness (QED) is 0.808. The highest BCUT2D eigenvalue weighted by Crippen LogP contribution is 2.29. The van der Waals surface area contributed by atoms with E-state index in [1.807, 2.05) is 12.1 Å². The molecule has 13 heavy (non-hydrogen) atoms. The van der Waals surface area contributed by atoms with Crippen LogP contribution in [0.15, 0.2) is 22.8 Å². The van der Waals surface area contributed by atoms with E-state index in [-0.39, 0.29) is 5.54 Å². The fourth-order valence-electron chi connectivity index (χ4n) is 1.59. The van der Waals surface area contributed by atoms with Crippen LogP contribution in [0.3, 0.4) is 0 Å². The van der Waals surface area contributed by atoms with Crippen LogP contribution in [0.25, 0.3) is 0 Å². The predicted octanol–water partition coefficient (Wildman–Crippen LogP) is 1.38.